The van der Waals surface area contributed by atoms with Crippen LogP contribution in [0.25, 0.3) is 0 Å². The van der Waals surface area contributed by atoms with Crippen molar-refractivity contribution in [3.05, 3.63) is 12.2 Å². The van der Waals surface area contributed by atoms with Gasteiger partial charge in [-0.15, -0.1) is 0 Å². The number of nitrogens with zero attached hydrogens (tertiary/aromatic N) is 1. The molecule has 0 aromatic rings. The summed E-state index contributed by atoms with van der Waals surface area (Å²) in [5.41, 5.74) is 0. The molecule has 6 heteroatoms. The second kappa shape index (κ2) is 7.11. The van der Waals surface area contributed by atoms with Gasteiger partial charge in [-0.25, -0.2) is 0 Å². The van der Waals surface area contributed by atoms with Gasteiger partial charge >= 0.3 is 5.97 Å². The van der Waals surface area contributed by atoms with Gasteiger partial charge in [-0.1, -0.05) is 0 Å². The van der Waals surface area contributed by atoms with Crippen molar-refractivity contribution in [3.8, 4) is 0 Å². The molecule has 0 aromatic heterocycles. The maximum atomic E-state index is 11.2. The number of esters is 1. The highest BCUT2D eigenvalue weighted by Crippen LogP contribution is 2.09. The highest BCUT2D eigenvalue weighted by molar-refractivity contribution is 7.99. The molecule has 0 bridgehead atoms. The first-order valence-corrected chi connectivity index (χ1v) is 6.48. The first-order valence-electron chi connectivity index (χ1n) is 5.33. The number of carbonyl (C=O) groups excluding carboxylic acids is 3. The average Bonchev–Trinajstić information content (AvgIpc) is 2.64. The van der Waals surface area contributed by atoms with E-state index in [1.54, 1.807) is 11.8 Å². The van der Waals surface area contributed by atoms with Crippen LogP contribution in [-0.2, 0) is 19.1 Å². The largest absolute Gasteiger partial charge is 0.469 e. The van der Waals surface area contributed by atoms with Crippen LogP contribution in [0.5, 0.6) is 0 Å². The molecule has 0 aromatic carbocycles. The van der Waals surface area contributed by atoms with E-state index in [-0.39, 0.29) is 17.8 Å². The van der Waals surface area contributed by atoms with Crippen LogP contribution in [0.4, 0.5) is 0 Å². The Morgan fingerprint density at radius 1 is 1.29 bits per heavy atom. The topological polar surface area (TPSA) is 63.7 Å². The zero-order valence-corrected chi connectivity index (χ0v) is 10.5. The zero-order valence-electron chi connectivity index (χ0n) is 9.68. The number of thioether (sulfide) groups is 1. The Labute approximate surface area is 104 Å². The summed E-state index contributed by atoms with van der Waals surface area (Å²) in [4.78, 5) is 34.4. The van der Waals surface area contributed by atoms with Gasteiger partial charge in [-0.05, 0) is 12.2 Å². The van der Waals surface area contributed by atoms with Crippen LogP contribution in [0, 0.1) is 0 Å². The van der Waals surface area contributed by atoms with Crippen molar-refractivity contribution in [1.29, 1.82) is 0 Å². The second-order valence-electron chi connectivity index (χ2n) is 3.45. The van der Waals surface area contributed by atoms with Crippen molar-refractivity contribution in [1.82, 2.24) is 4.90 Å². The first-order chi connectivity index (χ1) is 8.15. The van der Waals surface area contributed by atoms with E-state index < -0.39 is 0 Å². The lowest BCUT2D eigenvalue weighted by atomic mass is 10.4. The Hall–Kier alpha value is -1.30. The van der Waals surface area contributed by atoms with Crippen LogP contribution in [0.15, 0.2) is 12.2 Å². The zero-order chi connectivity index (χ0) is 12.7. The third kappa shape index (κ3) is 4.60. The van der Waals surface area contributed by atoms with Crippen LogP contribution >= 0.6 is 11.8 Å². The summed E-state index contributed by atoms with van der Waals surface area (Å²) in [6.07, 6.45) is 3.70. The molecule has 0 saturated carbocycles. The molecule has 0 unspecified atom stereocenters. The summed E-state index contributed by atoms with van der Waals surface area (Å²) < 4.78 is 4.51. The van der Waals surface area contributed by atoms with Gasteiger partial charge < -0.3 is 4.74 Å². The van der Waals surface area contributed by atoms with E-state index in [9.17, 15) is 14.4 Å². The summed E-state index contributed by atoms with van der Waals surface area (Å²) in [6, 6.07) is 0. The molecule has 0 saturated heterocycles. The van der Waals surface area contributed by atoms with Crippen molar-refractivity contribution in [2.75, 3.05) is 25.2 Å². The monoisotopic (exact) mass is 257 g/mol. The Morgan fingerprint density at radius 3 is 2.53 bits per heavy atom. The summed E-state index contributed by atoms with van der Waals surface area (Å²) in [5.74, 6) is 0.816. The second-order valence-corrected chi connectivity index (χ2v) is 4.68. The maximum absolute atomic E-state index is 11.2. The number of methoxy groups -OCH3 is 1. The number of rotatable bonds is 7. The molecule has 2 amide bonds. The SMILES string of the molecule is COC(=O)CCSCCCN1C(=O)C=CC1=O. The van der Waals surface area contributed by atoms with Crippen LogP contribution < -0.4 is 0 Å². The Balaban J connectivity index is 2.03. The predicted molar refractivity (Wildman–Crippen MR) is 64.4 cm³/mol. The minimum Gasteiger partial charge on any atom is -0.469 e. The average molecular weight is 257 g/mol. The van der Waals surface area contributed by atoms with Gasteiger partial charge in [-0.3, -0.25) is 19.3 Å². The van der Waals surface area contributed by atoms with Gasteiger partial charge in [0.25, 0.3) is 11.8 Å². The molecule has 0 atom stereocenters. The number of hydrogen-bond acceptors (Lipinski definition) is 5. The summed E-state index contributed by atoms with van der Waals surface area (Å²) in [6.45, 7) is 0.440. The van der Waals surface area contributed by atoms with Gasteiger partial charge in [0.2, 0.25) is 0 Å². The lowest BCUT2D eigenvalue weighted by molar-refractivity contribution is -0.140. The highest BCUT2D eigenvalue weighted by Gasteiger charge is 2.22. The van der Waals surface area contributed by atoms with E-state index in [0.29, 0.717) is 18.7 Å². The smallest absolute Gasteiger partial charge is 0.306 e. The Bertz CT molecular complexity index is 322. The van der Waals surface area contributed by atoms with Gasteiger partial charge in [0.05, 0.1) is 13.5 Å². The Kier molecular flexibility index (Phi) is 5.76. The molecule has 1 aliphatic heterocycles. The predicted octanol–water partition coefficient (Wildman–Crippen LogP) is 0.598. The first kappa shape index (κ1) is 13.8. The molecule has 1 aliphatic rings. The quantitative estimate of drug-likeness (QED) is 0.379. The van der Waals surface area contributed by atoms with Crippen molar-refractivity contribution < 1.29 is 19.1 Å². The van der Waals surface area contributed by atoms with Crippen LogP contribution in [0.2, 0.25) is 0 Å². The molecule has 17 heavy (non-hydrogen) atoms. The molecular weight excluding hydrogens is 242 g/mol. The molecule has 0 radical (unpaired) electrons. The lowest BCUT2D eigenvalue weighted by Crippen LogP contribution is -2.31. The molecule has 0 spiro atoms. The third-order valence-corrected chi connectivity index (χ3v) is 3.32. The fraction of sp³-hybridized carbons (Fsp3) is 0.545. The molecular formula is C11H15NO4S. The van der Waals surface area contributed by atoms with Crippen molar-refractivity contribution >= 4 is 29.5 Å². The van der Waals surface area contributed by atoms with E-state index in [1.807, 2.05) is 0 Å². The van der Waals surface area contributed by atoms with Crippen LogP contribution in [0.1, 0.15) is 12.8 Å². The normalized spacial score (nSPS) is 14.5. The van der Waals surface area contributed by atoms with Gasteiger partial charge in [0.15, 0.2) is 0 Å². The summed E-state index contributed by atoms with van der Waals surface area (Å²) >= 11 is 1.61. The number of hydrogen-bond donors (Lipinski definition) is 0. The summed E-state index contributed by atoms with van der Waals surface area (Å²) in [5, 5.41) is 0. The van der Waals surface area contributed by atoms with Crippen molar-refractivity contribution in [2.24, 2.45) is 0 Å². The van der Waals surface area contributed by atoms with Crippen molar-refractivity contribution in [3.63, 3.8) is 0 Å². The van der Waals surface area contributed by atoms with Gasteiger partial charge in [-0.2, -0.15) is 11.8 Å². The Morgan fingerprint density at radius 2 is 1.94 bits per heavy atom. The fourth-order valence-corrected chi connectivity index (χ4v) is 2.18. The summed E-state index contributed by atoms with van der Waals surface area (Å²) in [7, 11) is 1.37. The highest BCUT2D eigenvalue weighted by atomic mass is 32.2. The van der Waals surface area contributed by atoms with Crippen molar-refractivity contribution in [2.45, 2.75) is 12.8 Å². The van der Waals surface area contributed by atoms with E-state index in [0.717, 1.165) is 12.2 Å². The van der Waals surface area contributed by atoms with E-state index in [2.05, 4.69) is 4.74 Å². The maximum Gasteiger partial charge on any atom is 0.306 e. The lowest BCUT2D eigenvalue weighted by Gasteiger charge is -2.12. The third-order valence-electron chi connectivity index (χ3n) is 2.25. The van der Waals surface area contributed by atoms with Gasteiger partial charge in [0.1, 0.15) is 0 Å². The number of amides is 2. The minimum atomic E-state index is -0.241. The van der Waals surface area contributed by atoms with E-state index in [1.165, 1.54) is 24.2 Å². The van der Waals surface area contributed by atoms with E-state index >= 15 is 0 Å². The number of imide groups is 1. The van der Waals surface area contributed by atoms with E-state index in [4.69, 9.17) is 0 Å². The minimum absolute atomic E-state index is 0.216. The van der Waals surface area contributed by atoms with Crippen LogP contribution in [-0.4, -0.2) is 47.8 Å². The molecule has 0 aliphatic carbocycles. The standard InChI is InChI=1S/C11H15NO4S/c1-16-11(15)5-8-17-7-2-6-12-9(13)3-4-10(12)14/h3-4H,2,5-8H2,1H3. The molecule has 94 valence electrons. The van der Waals surface area contributed by atoms with Gasteiger partial charge in [0, 0.05) is 24.4 Å². The molecule has 0 fully saturated rings. The number of ether oxygens (including phenoxy) is 1. The fourth-order valence-electron chi connectivity index (χ4n) is 1.34. The molecule has 1 rings (SSSR count). The number of carbonyl (C=O) groups is 3. The molecule has 0 N–H and O–H groups in total. The van der Waals surface area contributed by atoms with Crippen LogP contribution in [0.3, 0.4) is 0 Å². The molecule has 1 heterocycles. The molecule has 5 nitrogen and oxygen atoms in total.